The summed E-state index contributed by atoms with van der Waals surface area (Å²) < 4.78 is 42.1. The third-order valence-electron chi connectivity index (χ3n) is 4.80. The van der Waals surface area contributed by atoms with E-state index in [1.807, 2.05) is 0 Å². The van der Waals surface area contributed by atoms with Gasteiger partial charge in [-0.25, -0.2) is 4.68 Å². The van der Waals surface area contributed by atoms with Crippen molar-refractivity contribution in [3.63, 3.8) is 0 Å². The van der Waals surface area contributed by atoms with E-state index in [1.54, 1.807) is 48.5 Å². The number of hydrogen-bond donors (Lipinski definition) is 2. The van der Waals surface area contributed by atoms with Crippen LogP contribution in [-0.2, 0) is 0 Å². The van der Waals surface area contributed by atoms with Crippen LogP contribution in [0.2, 0.25) is 10.0 Å². The van der Waals surface area contributed by atoms with Gasteiger partial charge in [0.1, 0.15) is 5.82 Å². The largest absolute Gasteiger partial charge is 0.410 e. The highest BCUT2D eigenvalue weighted by Crippen LogP contribution is 2.43. The first-order valence-corrected chi connectivity index (χ1v) is 9.71. The van der Waals surface area contributed by atoms with E-state index in [1.165, 1.54) is 6.07 Å². The molecule has 2 aromatic carbocycles. The molecule has 0 aliphatic carbocycles. The summed E-state index contributed by atoms with van der Waals surface area (Å²) in [7, 11) is 0. The van der Waals surface area contributed by atoms with E-state index in [2.05, 4.69) is 15.7 Å². The minimum Gasteiger partial charge on any atom is -0.363 e. The molecule has 10 heteroatoms. The first-order chi connectivity index (χ1) is 14.2. The summed E-state index contributed by atoms with van der Waals surface area (Å²) in [5.74, 6) is -0.505. The topological polar surface area (TPSA) is 59.0 Å². The Kier molecular flexibility index (Phi) is 5.38. The molecule has 30 heavy (non-hydrogen) atoms. The van der Waals surface area contributed by atoms with Crippen LogP contribution in [0.3, 0.4) is 0 Å². The number of nitrogens with zero attached hydrogens (tertiary/aromatic N) is 2. The van der Waals surface area contributed by atoms with Gasteiger partial charge in [0.05, 0.1) is 6.04 Å². The number of rotatable bonds is 3. The zero-order chi connectivity index (χ0) is 21.5. The van der Waals surface area contributed by atoms with E-state index < -0.39 is 24.2 Å². The predicted octanol–water partition coefficient (Wildman–Crippen LogP) is 6.10. The monoisotopic (exact) mass is 454 g/mol. The van der Waals surface area contributed by atoms with Gasteiger partial charge in [-0.3, -0.25) is 4.79 Å². The number of alkyl halides is 3. The Morgan fingerprint density at radius 3 is 2.27 bits per heavy atom. The summed E-state index contributed by atoms with van der Waals surface area (Å²) in [5, 5.41) is 10.6. The number of fused-ring (bicyclic) bond motifs is 1. The molecule has 156 valence electrons. The van der Waals surface area contributed by atoms with Crippen LogP contribution in [0, 0.1) is 0 Å². The molecule has 5 nitrogen and oxygen atoms in total. The number of carbonyl (C=O) groups is 1. The maximum absolute atomic E-state index is 13.7. The third-order valence-corrected chi connectivity index (χ3v) is 5.30. The molecule has 0 unspecified atom stereocenters. The van der Waals surface area contributed by atoms with Crippen molar-refractivity contribution in [2.24, 2.45) is 0 Å². The standard InChI is InChI=1S/C20H15Cl2F3N4O/c21-12-3-1-11(2-4-12)15-9-17(20(23,24)25)29-18(27-15)10-16(28-29)19(30)26-14-7-5-13(22)6-8-14/h1-8,10,15,17,27H,9H2,(H,26,30)/t15-,17+/m0/s1. The fourth-order valence-corrected chi connectivity index (χ4v) is 3.58. The maximum atomic E-state index is 13.7. The SMILES string of the molecule is O=C(Nc1ccc(Cl)cc1)c1cc2n(n1)[C@@H](C(F)(F)F)C[C@@H](c1ccc(Cl)cc1)N2. The van der Waals surface area contributed by atoms with Crippen LogP contribution in [0.1, 0.15) is 34.6 Å². The van der Waals surface area contributed by atoms with E-state index in [0.717, 1.165) is 4.68 Å². The Labute approximate surface area is 179 Å². The van der Waals surface area contributed by atoms with Gasteiger partial charge in [-0.15, -0.1) is 0 Å². The Morgan fingerprint density at radius 2 is 1.67 bits per heavy atom. The molecule has 0 spiro atoms. The molecule has 1 aromatic heterocycles. The second-order valence-corrected chi connectivity index (χ2v) is 7.73. The number of benzene rings is 2. The molecule has 0 bridgehead atoms. The van der Waals surface area contributed by atoms with E-state index in [0.29, 0.717) is 21.3 Å². The van der Waals surface area contributed by atoms with E-state index in [-0.39, 0.29) is 17.9 Å². The van der Waals surface area contributed by atoms with Gasteiger partial charge in [0.25, 0.3) is 5.91 Å². The van der Waals surface area contributed by atoms with Gasteiger partial charge in [0, 0.05) is 28.2 Å². The van der Waals surface area contributed by atoms with Crippen LogP contribution >= 0.6 is 23.2 Å². The average molecular weight is 455 g/mol. The molecular formula is C20H15Cl2F3N4O. The van der Waals surface area contributed by atoms with E-state index >= 15 is 0 Å². The zero-order valence-electron chi connectivity index (χ0n) is 15.3. The van der Waals surface area contributed by atoms with E-state index in [9.17, 15) is 18.0 Å². The fourth-order valence-electron chi connectivity index (χ4n) is 3.33. The number of halogens is 5. The first kappa shape index (κ1) is 20.6. The van der Waals surface area contributed by atoms with Crippen molar-refractivity contribution >= 4 is 40.6 Å². The molecule has 2 atom stereocenters. The lowest BCUT2D eigenvalue weighted by Gasteiger charge is -2.33. The van der Waals surface area contributed by atoms with Crippen LogP contribution in [0.15, 0.2) is 54.6 Å². The highest BCUT2D eigenvalue weighted by Gasteiger charge is 2.46. The highest BCUT2D eigenvalue weighted by molar-refractivity contribution is 6.30. The Hall–Kier alpha value is -2.71. The molecule has 0 fully saturated rings. The van der Waals surface area contributed by atoms with Crippen LogP contribution < -0.4 is 10.6 Å². The lowest BCUT2D eigenvalue weighted by atomic mass is 9.97. The first-order valence-electron chi connectivity index (χ1n) is 8.96. The fraction of sp³-hybridized carbons (Fsp3) is 0.200. The molecule has 1 aliphatic heterocycles. The Bertz CT molecular complexity index is 1070. The molecule has 4 rings (SSSR count). The van der Waals surface area contributed by atoms with Crippen molar-refractivity contribution in [1.82, 2.24) is 9.78 Å². The minimum atomic E-state index is -4.53. The summed E-state index contributed by atoms with van der Waals surface area (Å²) in [6.45, 7) is 0. The second-order valence-electron chi connectivity index (χ2n) is 6.86. The summed E-state index contributed by atoms with van der Waals surface area (Å²) in [6.07, 6.45) is -4.80. The second kappa shape index (κ2) is 7.85. The summed E-state index contributed by atoms with van der Waals surface area (Å²) in [5.41, 5.74) is 0.987. The number of aromatic nitrogens is 2. The number of nitrogens with one attached hydrogen (secondary N) is 2. The van der Waals surface area contributed by atoms with Crippen LogP contribution in [0.4, 0.5) is 24.7 Å². The van der Waals surface area contributed by atoms with Gasteiger partial charge < -0.3 is 10.6 Å². The quantitative estimate of drug-likeness (QED) is 0.502. The van der Waals surface area contributed by atoms with Crippen molar-refractivity contribution in [1.29, 1.82) is 0 Å². The normalized spacial score (nSPS) is 18.4. The third kappa shape index (κ3) is 4.24. The number of carbonyl (C=O) groups excluding carboxylic acids is 1. The minimum absolute atomic E-state index is 0.116. The highest BCUT2D eigenvalue weighted by atomic mass is 35.5. The van der Waals surface area contributed by atoms with Crippen molar-refractivity contribution in [2.75, 3.05) is 10.6 Å². The van der Waals surface area contributed by atoms with Crippen molar-refractivity contribution in [2.45, 2.75) is 24.7 Å². The zero-order valence-corrected chi connectivity index (χ0v) is 16.8. The Morgan fingerprint density at radius 1 is 1.07 bits per heavy atom. The molecule has 2 N–H and O–H groups in total. The molecule has 0 saturated carbocycles. The smallest absolute Gasteiger partial charge is 0.363 e. The lowest BCUT2D eigenvalue weighted by Crippen LogP contribution is -2.35. The average Bonchev–Trinajstić information content (AvgIpc) is 3.13. The van der Waals surface area contributed by atoms with Gasteiger partial charge in [0.2, 0.25) is 0 Å². The number of amides is 1. The lowest BCUT2D eigenvalue weighted by molar-refractivity contribution is -0.173. The van der Waals surface area contributed by atoms with Crippen molar-refractivity contribution in [3.05, 3.63) is 75.9 Å². The van der Waals surface area contributed by atoms with Gasteiger partial charge in [-0.2, -0.15) is 18.3 Å². The van der Waals surface area contributed by atoms with Crippen LogP contribution in [-0.4, -0.2) is 21.9 Å². The van der Waals surface area contributed by atoms with Crippen molar-refractivity contribution < 1.29 is 18.0 Å². The predicted molar refractivity (Wildman–Crippen MR) is 109 cm³/mol. The summed E-state index contributed by atoms with van der Waals surface area (Å²) in [6, 6.07) is 11.8. The number of hydrogen-bond acceptors (Lipinski definition) is 3. The summed E-state index contributed by atoms with van der Waals surface area (Å²) in [4.78, 5) is 12.5. The van der Waals surface area contributed by atoms with Crippen LogP contribution in [0.25, 0.3) is 0 Å². The molecular weight excluding hydrogens is 440 g/mol. The van der Waals surface area contributed by atoms with Crippen LogP contribution in [0.5, 0.6) is 0 Å². The molecule has 0 radical (unpaired) electrons. The number of anilines is 2. The molecule has 3 aromatic rings. The molecule has 2 heterocycles. The van der Waals surface area contributed by atoms with Gasteiger partial charge in [0.15, 0.2) is 11.7 Å². The van der Waals surface area contributed by atoms with Gasteiger partial charge >= 0.3 is 6.18 Å². The van der Waals surface area contributed by atoms with Gasteiger partial charge in [-0.05, 0) is 42.0 Å². The molecule has 1 amide bonds. The summed E-state index contributed by atoms with van der Waals surface area (Å²) >= 11 is 11.7. The van der Waals surface area contributed by atoms with E-state index in [4.69, 9.17) is 23.2 Å². The Balaban J connectivity index is 1.63. The van der Waals surface area contributed by atoms with Crippen molar-refractivity contribution in [3.8, 4) is 0 Å². The maximum Gasteiger partial charge on any atom is 0.410 e. The molecule has 0 saturated heterocycles. The van der Waals surface area contributed by atoms with Gasteiger partial charge in [-0.1, -0.05) is 35.3 Å². The molecule has 1 aliphatic rings.